The van der Waals surface area contributed by atoms with E-state index in [1.54, 1.807) is 6.92 Å². The van der Waals surface area contributed by atoms with Crippen LogP contribution in [0, 0.1) is 5.82 Å². The molecule has 0 saturated carbocycles. The largest absolute Gasteiger partial charge is 0.433 e. The Bertz CT molecular complexity index is 1160. The maximum Gasteiger partial charge on any atom is 0.433 e. The van der Waals surface area contributed by atoms with Gasteiger partial charge in [-0.1, -0.05) is 35.0 Å². The summed E-state index contributed by atoms with van der Waals surface area (Å²) in [5.74, 6) is -2.85. The van der Waals surface area contributed by atoms with Crippen LogP contribution in [0.25, 0.3) is 16.8 Å². The summed E-state index contributed by atoms with van der Waals surface area (Å²) in [6.07, 6.45) is -0.153. The average Bonchev–Trinajstić information content (AvgIpc) is 3.18. The van der Waals surface area contributed by atoms with Gasteiger partial charge in [0.2, 0.25) is 0 Å². The molecule has 0 aliphatic heterocycles. The Labute approximate surface area is 196 Å². The number of nitrogens with zero attached hydrogens (tertiary/aromatic N) is 3. The Kier molecular flexibility index (Phi) is 8.74. The summed E-state index contributed by atoms with van der Waals surface area (Å²) in [5.41, 5.74) is 1.28. The van der Waals surface area contributed by atoms with Crippen molar-refractivity contribution in [3.8, 4) is 11.3 Å². The Morgan fingerprint density at radius 1 is 1.32 bits per heavy atom. The van der Waals surface area contributed by atoms with Gasteiger partial charge < -0.3 is 10.3 Å². The van der Waals surface area contributed by atoms with Crippen molar-refractivity contribution in [2.45, 2.75) is 26.9 Å². The molecule has 0 radical (unpaired) electrons. The van der Waals surface area contributed by atoms with Crippen LogP contribution in [0.1, 0.15) is 36.9 Å². The maximum atomic E-state index is 14.4. The lowest BCUT2D eigenvalue weighted by Crippen LogP contribution is -2.30. The number of aromatic nitrogens is 1. The van der Waals surface area contributed by atoms with Crippen molar-refractivity contribution in [3.05, 3.63) is 70.0 Å². The molecule has 0 saturated heterocycles. The molecule has 0 aliphatic carbocycles. The summed E-state index contributed by atoms with van der Waals surface area (Å²) in [7, 11) is 0. The van der Waals surface area contributed by atoms with Crippen molar-refractivity contribution in [1.29, 1.82) is 0 Å². The van der Waals surface area contributed by atoms with Crippen molar-refractivity contribution in [2.75, 3.05) is 6.67 Å². The molecule has 2 N–H and O–H groups in total. The van der Waals surface area contributed by atoms with Crippen LogP contribution in [-0.2, 0) is 0 Å². The van der Waals surface area contributed by atoms with Gasteiger partial charge in [0.05, 0.1) is 16.3 Å². The number of carbonyl (C=O) groups excluding carboxylic acids is 1. The van der Waals surface area contributed by atoms with Crippen LogP contribution >= 0.6 is 11.6 Å². The number of carbonyl (C=O) groups is 1. The van der Waals surface area contributed by atoms with E-state index in [4.69, 9.17) is 21.9 Å². The molecule has 2 aromatic rings. The first kappa shape index (κ1) is 26.8. The molecule has 0 bridgehead atoms. The topological polar surface area (TPSA) is 84.7 Å². The Balaban J connectivity index is 2.92. The molecule has 1 heterocycles. The summed E-state index contributed by atoms with van der Waals surface area (Å²) >= 11 is 6.02. The van der Waals surface area contributed by atoms with Gasteiger partial charge in [0.25, 0.3) is 5.91 Å². The van der Waals surface area contributed by atoms with E-state index >= 15 is 0 Å². The van der Waals surface area contributed by atoms with Crippen LogP contribution in [0.3, 0.4) is 0 Å². The van der Waals surface area contributed by atoms with Gasteiger partial charge in [-0.05, 0) is 39.0 Å². The number of hydrazone groups is 1. The van der Waals surface area contributed by atoms with Crippen molar-refractivity contribution in [3.63, 3.8) is 0 Å². The van der Waals surface area contributed by atoms with E-state index in [9.17, 15) is 26.7 Å². The minimum absolute atomic E-state index is 0.175. The van der Waals surface area contributed by atoms with Gasteiger partial charge in [0.15, 0.2) is 11.5 Å². The lowest BCUT2D eigenvalue weighted by atomic mass is 10.0. The molecule has 0 aliphatic rings. The second kappa shape index (κ2) is 11.1. The number of primary amides is 1. The van der Waals surface area contributed by atoms with Gasteiger partial charge in [0, 0.05) is 11.8 Å². The van der Waals surface area contributed by atoms with Gasteiger partial charge in [-0.25, -0.2) is 13.8 Å². The fourth-order valence-electron chi connectivity index (χ4n) is 3.04. The van der Waals surface area contributed by atoms with Crippen molar-refractivity contribution in [2.24, 2.45) is 10.8 Å². The van der Waals surface area contributed by atoms with Gasteiger partial charge in [-0.2, -0.15) is 18.3 Å². The van der Waals surface area contributed by atoms with Crippen LogP contribution in [0.4, 0.5) is 22.0 Å². The van der Waals surface area contributed by atoms with E-state index in [0.29, 0.717) is 5.01 Å². The average molecular weight is 503 g/mol. The molecule has 0 fully saturated rings. The monoisotopic (exact) mass is 502 g/mol. The smallest absolute Gasteiger partial charge is 0.365 e. The van der Waals surface area contributed by atoms with E-state index < -0.39 is 58.6 Å². The highest BCUT2D eigenvalue weighted by molar-refractivity contribution is 6.33. The highest BCUT2D eigenvalue weighted by Crippen LogP contribution is 2.41. The summed E-state index contributed by atoms with van der Waals surface area (Å²) in [5, 5.41) is 7.39. The molecule has 6 nitrogen and oxygen atoms in total. The predicted octanol–water partition coefficient (Wildman–Crippen LogP) is 6.26. The van der Waals surface area contributed by atoms with Gasteiger partial charge in [-0.15, -0.1) is 0 Å². The van der Waals surface area contributed by atoms with E-state index in [1.807, 2.05) is 0 Å². The highest BCUT2D eigenvalue weighted by Gasteiger charge is 2.43. The number of alkyl halides is 4. The molecule has 1 amide bonds. The number of amides is 1. The molecule has 1 aromatic carbocycles. The second-order valence-electron chi connectivity index (χ2n) is 6.67. The standard InChI is InChI=1S/C22H20ClF5N4O2/c1-4-6-8-13(11-24)32(30-5-2)20(22(26,27)28)12(3)19-17(21(29)33)18(31-34-19)16-14(23)9-7-10-15(16)25/h4-10H,11H2,1-3H3,(H2,29,33)/b6-4-,13-8+,20-12+,30-5-. The van der Waals surface area contributed by atoms with Crippen LogP contribution in [0.5, 0.6) is 0 Å². The van der Waals surface area contributed by atoms with E-state index in [2.05, 4.69) is 10.3 Å². The molecule has 1 aromatic heterocycles. The third-order valence-electron chi connectivity index (χ3n) is 4.44. The normalized spacial score (nSPS) is 13.6. The number of hydrogen-bond donors (Lipinski definition) is 1. The zero-order chi connectivity index (χ0) is 25.6. The molecule has 182 valence electrons. The third kappa shape index (κ3) is 5.53. The minimum Gasteiger partial charge on any atom is -0.365 e. The number of halogens is 6. The minimum atomic E-state index is -5.10. The van der Waals surface area contributed by atoms with Crippen molar-refractivity contribution < 1.29 is 31.3 Å². The number of benzene rings is 1. The first-order valence-electron chi connectivity index (χ1n) is 9.68. The Morgan fingerprint density at radius 2 is 2.00 bits per heavy atom. The maximum absolute atomic E-state index is 14.4. The zero-order valence-electron chi connectivity index (χ0n) is 18.3. The second-order valence-corrected chi connectivity index (χ2v) is 7.08. The number of hydrogen-bond acceptors (Lipinski definition) is 5. The van der Waals surface area contributed by atoms with E-state index in [1.165, 1.54) is 31.2 Å². The summed E-state index contributed by atoms with van der Waals surface area (Å²) in [6.45, 7) is 2.59. The van der Waals surface area contributed by atoms with E-state index in [0.717, 1.165) is 25.3 Å². The first-order chi connectivity index (χ1) is 16.0. The van der Waals surface area contributed by atoms with Gasteiger partial charge in [0.1, 0.15) is 23.7 Å². The summed E-state index contributed by atoms with van der Waals surface area (Å²) < 4.78 is 75.9. The number of nitrogens with two attached hydrogens (primary N) is 1. The van der Waals surface area contributed by atoms with Crippen LogP contribution in [-0.4, -0.2) is 35.1 Å². The number of rotatable bonds is 8. The van der Waals surface area contributed by atoms with E-state index in [-0.39, 0.29) is 10.6 Å². The molecule has 0 atom stereocenters. The summed E-state index contributed by atoms with van der Waals surface area (Å²) in [6, 6.07) is 3.59. The molecular weight excluding hydrogens is 483 g/mol. The first-order valence-corrected chi connectivity index (χ1v) is 10.1. The zero-order valence-corrected chi connectivity index (χ0v) is 19.0. The Morgan fingerprint density at radius 3 is 2.50 bits per heavy atom. The van der Waals surface area contributed by atoms with Gasteiger partial charge >= 0.3 is 6.18 Å². The van der Waals surface area contributed by atoms with Crippen molar-refractivity contribution >= 4 is 29.3 Å². The molecule has 34 heavy (non-hydrogen) atoms. The molecule has 0 spiro atoms. The fraction of sp³-hybridized carbons (Fsp3) is 0.227. The van der Waals surface area contributed by atoms with Crippen LogP contribution in [0.15, 0.2) is 57.4 Å². The van der Waals surface area contributed by atoms with Gasteiger partial charge in [-0.3, -0.25) is 4.79 Å². The lowest BCUT2D eigenvalue weighted by molar-refractivity contribution is -0.108. The highest BCUT2D eigenvalue weighted by atomic mass is 35.5. The van der Waals surface area contributed by atoms with Crippen molar-refractivity contribution in [1.82, 2.24) is 10.2 Å². The van der Waals surface area contributed by atoms with Crippen LogP contribution < -0.4 is 5.73 Å². The molecular formula is C22H20ClF5N4O2. The number of allylic oxidation sites excluding steroid dienone is 6. The molecule has 12 heteroatoms. The third-order valence-corrected chi connectivity index (χ3v) is 4.75. The fourth-order valence-corrected chi connectivity index (χ4v) is 3.29. The lowest BCUT2D eigenvalue weighted by Gasteiger charge is -2.26. The SMILES string of the molecule is C/C=C\C=C(/CF)N(/N=C\C)/C(=C(\C)c1onc(-c2c(F)cccc2Cl)c1C(N)=O)C(F)(F)F. The quantitative estimate of drug-likeness (QED) is 0.200. The summed E-state index contributed by atoms with van der Waals surface area (Å²) in [4.78, 5) is 12.2. The Hall–Kier alpha value is -3.47. The molecule has 0 unspecified atom stereocenters. The predicted molar refractivity (Wildman–Crippen MR) is 119 cm³/mol. The molecule has 2 rings (SSSR count). The van der Waals surface area contributed by atoms with Crippen LogP contribution in [0.2, 0.25) is 5.02 Å².